The normalized spacial score (nSPS) is 10.8. The molecule has 168 valence electrons. The van der Waals surface area contributed by atoms with E-state index in [9.17, 15) is 0 Å². The summed E-state index contributed by atoms with van der Waals surface area (Å²) in [7, 11) is 0. The lowest BCUT2D eigenvalue weighted by Crippen LogP contribution is -2.74. The van der Waals surface area contributed by atoms with Gasteiger partial charge < -0.3 is 0 Å². The average molecular weight is 506 g/mol. The molecular weight excluding hydrogens is 477 g/mol. The van der Waals surface area contributed by atoms with Gasteiger partial charge in [-0.15, -0.1) is 0 Å². The zero-order chi connectivity index (χ0) is 23.6. The smallest absolute Gasteiger partial charge is 0.195 e. The van der Waals surface area contributed by atoms with Gasteiger partial charge in [0, 0.05) is 28.1 Å². The first kappa shape index (κ1) is 23.7. The average Bonchev–Trinajstić information content (AvgIpc) is 2.92. The molecule has 0 N–H and O–H groups in total. The number of nitrogens with zero attached hydrogens (tertiary/aromatic N) is 1. The zero-order valence-corrected chi connectivity index (χ0v) is 21.1. The lowest BCUT2D eigenvalue weighted by molar-refractivity contribution is -0.704. The molecule has 0 saturated heterocycles. The molecule has 3 heteroatoms. The number of benzene rings is 4. The molecule has 34 heavy (non-hydrogen) atoms. The Hall–Kier alpha value is -3.43. The second-order valence-electron chi connectivity index (χ2n) is 8.32. The van der Waals surface area contributed by atoms with Gasteiger partial charge in [-0.3, -0.25) is 0 Å². The number of halogens is 1. The first-order valence-electron chi connectivity index (χ1n) is 11.8. The lowest BCUT2D eigenvalue weighted by atomic mass is 9.13. The van der Waals surface area contributed by atoms with E-state index in [0.29, 0.717) is 0 Å². The molecular formula is C31H29BBrN. The fourth-order valence-corrected chi connectivity index (χ4v) is 5.36. The van der Waals surface area contributed by atoms with E-state index in [1.165, 1.54) is 21.9 Å². The fourth-order valence-electron chi connectivity index (χ4n) is 4.83. The van der Waals surface area contributed by atoms with Crippen molar-refractivity contribution >= 4 is 43.9 Å². The van der Waals surface area contributed by atoms with E-state index in [0.717, 1.165) is 11.1 Å². The van der Waals surface area contributed by atoms with Gasteiger partial charge in [0.15, 0.2) is 6.20 Å². The third kappa shape index (κ3) is 5.05. The summed E-state index contributed by atoms with van der Waals surface area (Å²) in [5, 5.41) is 0. The van der Waals surface area contributed by atoms with E-state index in [2.05, 4.69) is 149 Å². The van der Waals surface area contributed by atoms with Crippen LogP contribution in [0.5, 0.6) is 0 Å². The second kappa shape index (κ2) is 11.6. The highest BCUT2D eigenvalue weighted by Gasteiger charge is 2.30. The summed E-state index contributed by atoms with van der Waals surface area (Å²) in [5.41, 5.74) is 5.36. The third-order valence-electron chi connectivity index (χ3n) is 6.42. The first-order valence-corrected chi connectivity index (χ1v) is 12.6. The van der Waals surface area contributed by atoms with Gasteiger partial charge in [0.05, 0.1) is 0 Å². The van der Waals surface area contributed by atoms with Gasteiger partial charge >= 0.3 is 0 Å². The second-order valence-corrected chi connectivity index (χ2v) is 9.13. The van der Waals surface area contributed by atoms with E-state index in [-0.39, 0.29) is 0 Å². The van der Waals surface area contributed by atoms with Crippen molar-refractivity contribution in [3.05, 3.63) is 150 Å². The van der Waals surface area contributed by atoms with Crippen molar-refractivity contribution in [3.63, 3.8) is 0 Å². The van der Waals surface area contributed by atoms with Gasteiger partial charge in [0.2, 0.25) is 4.60 Å². The van der Waals surface area contributed by atoms with Crippen LogP contribution < -0.4 is 26.4 Å². The number of rotatable bonds is 5. The molecule has 0 aliphatic heterocycles. The molecule has 0 fully saturated rings. The lowest BCUT2D eigenvalue weighted by Gasteiger charge is -2.44. The summed E-state index contributed by atoms with van der Waals surface area (Å²) in [4.78, 5) is 0. The van der Waals surface area contributed by atoms with Crippen LogP contribution in [-0.2, 0) is 6.54 Å². The molecule has 0 amide bonds. The molecule has 0 bridgehead atoms. The Morgan fingerprint density at radius 3 is 1.09 bits per heavy atom. The highest BCUT2D eigenvalue weighted by Crippen LogP contribution is 2.09. The summed E-state index contributed by atoms with van der Waals surface area (Å²) in [6, 6.07) is 49.6. The van der Waals surface area contributed by atoms with Crippen LogP contribution in [0.25, 0.3) is 0 Å². The standard InChI is InChI=1S/C24H20B.C7H9BrN/c1-5-13-21(14-6-1)25(22-15-7-2-8-16-22,23-17-9-3-10-18-23)24-19-11-4-12-20-24;1-2-9-6-4-3-5-7(9)8/h1-20H;3-6H,2H2,1H3/q-1;+1. The van der Waals surface area contributed by atoms with Crippen LogP contribution in [0, 0.1) is 0 Å². The zero-order valence-electron chi connectivity index (χ0n) is 19.5. The molecule has 5 aromatic rings. The highest BCUT2D eigenvalue weighted by atomic mass is 79.9. The maximum atomic E-state index is 3.42. The first-order chi connectivity index (χ1) is 16.8. The van der Waals surface area contributed by atoms with Crippen LogP contribution in [0.3, 0.4) is 0 Å². The van der Waals surface area contributed by atoms with Gasteiger partial charge in [0.1, 0.15) is 12.7 Å². The van der Waals surface area contributed by atoms with E-state index in [1.54, 1.807) is 0 Å². The minimum atomic E-state index is -1.22. The molecule has 0 aliphatic carbocycles. The Morgan fingerprint density at radius 2 is 0.824 bits per heavy atom. The molecule has 0 saturated carbocycles. The van der Waals surface area contributed by atoms with E-state index in [4.69, 9.17) is 0 Å². The van der Waals surface area contributed by atoms with Gasteiger partial charge in [-0.2, -0.15) is 26.4 Å². The van der Waals surface area contributed by atoms with Gasteiger partial charge in [0.25, 0.3) is 0 Å². The minimum Gasteiger partial charge on any atom is -0.195 e. The molecule has 5 rings (SSSR count). The topological polar surface area (TPSA) is 3.88 Å². The quantitative estimate of drug-likeness (QED) is 0.183. The highest BCUT2D eigenvalue weighted by molar-refractivity contribution is 9.10. The van der Waals surface area contributed by atoms with Crippen LogP contribution in [0.2, 0.25) is 0 Å². The van der Waals surface area contributed by atoms with Gasteiger partial charge in [-0.1, -0.05) is 121 Å². The minimum absolute atomic E-state index is 1.02. The van der Waals surface area contributed by atoms with Gasteiger partial charge in [-0.05, 0) is 13.0 Å². The van der Waals surface area contributed by atoms with Crippen LogP contribution in [0.4, 0.5) is 0 Å². The predicted molar refractivity (Wildman–Crippen MR) is 150 cm³/mol. The molecule has 1 nitrogen and oxygen atoms in total. The number of aryl methyl sites for hydroxylation is 1. The van der Waals surface area contributed by atoms with Crippen molar-refractivity contribution in [2.24, 2.45) is 0 Å². The Bertz CT molecular complexity index is 1110. The monoisotopic (exact) mass is 505 g/mol. The van der Waals surface area contributed by atoms with E-state index in [1.807, 2.05) is 24.4 Å². The van der Waals surface area contributed by atoms with Crippen molar-refractivity contribution < 1.29 is 4.57 Å². The van der Waals surface area contributed by atoms with Crippen molar-refractivity contribution in [2.45, 2.75) is 13.5 Å². The van der Waals surface area contributed by atoms with Crippen molar-refractivity contribution in [1.82, 2.24) is 0 Å². The molecule has 0 unspecified atom stereocenters. The molecule has 0 radical (unpaired) electrons. The van der Waals surface area contributed by atoms with E-state index < -0.39 is 6.15 Å². The number of aromatic nitrogens is 1. The van der Waals surface area contributed by atoms with Crippen LogP contribution in [0.15, 0.2) is 150 Å². The van der Waals surface area contributed by atoms with Crippen LogP contribution in [0.1, 0.15) is 6.92 Å². The van der Waals surface area contributed by atoms with Gasteiger partial charge in [-0.25, -0.2) is 0 Å². The largest absolute Gasteiger partial charge is 0.247 e. The number of hydrogen-bond donors (Lipinski definition) is 0. The predicted octanol–water partition coefficient (Wildman–Crippen LogP) is 4.82. The Balaban J connectivity index is 0.000000257. The van der Waals surface area contributed by atoms with Crippen LogP contribution in [-0.4, -0.2) is 6.15 Å². The SMILES string of the molecule is CC[n+]1ccccc1Br.c1ccc([B-](c2ccccc2)(c2ccccc2)c2ccccc2)cc1. The fraction of sp³-hybridized carbons (Fsp3) is 0.0645. The number of pyridine rings is 1. The van der Waals surface area contributed by atoms with Crippen molar-refractivity contribution in [3.8, 4) is 0 Å². The molecule has 0 atom stereocenters. The van der Waals surface area contributed by atoms with Crippen molar-refractivity contribution in [1.29, 1.82) is 0 Å². The van der Waals surface area contributed by atoms with Crippen LogP contribution >= 0.6 is 15.9 Å². The summed E-state index contributed by atoms with van der Waals surface area (Å²) < 4.78 is 3.26. The molecule has 0 spiro atoms. The molecule has 1 heterocycles. The summed E-state index contributed by atoms with van der Waals surface area (Å²) in [6.07, 6.45) is 0.830. The third-order valence-corrected chi connectivity index (χ3v) is 7.14. The summed E-state index contributed by atoms with van der Waals surface area (Å²) in [5.74, 6) is 0. The Kier molecular flexibility index (Phi) is 8.11. The molecule has 0 aliphatic rings. The Labute approximate surface area is 211 Å². The van der Waals surface area contributed by atoms with E-state index >= 15 is 0 Å². The maximum absolute atomic E-state index is 3.42. The maximum Gasteiger partial charge on any atom is 0.247 e. The molecule has 4 aromatic carbocycles. The number of hydrogen-bond acceptors (Lipinski definition) is 0. The molecule has 1 aromatic heterocycles. The summed E-state index contributed by atoms with van der Waals surface area (Å²) in [6.45, 7) is 3.13. The summed E-state index contributed by atoms with van der Waals surface area (Å²) >= 11 is 3.42. The van der Waals surface area contributed by atoms with Crippen molar-refractivity contribution in [2.75, 3.05) is 0 Å². The Morgan fingerprint density at radius 1 is 0.500 bits per heavy atom.